The fourth-order valence-corrected chi connectivity index (χ4v) is 2.38. The first kappa shape index (κ1) is 13.5. The molecule has 1 unspecified atom stereocenters. The average Bonchev–Trinajstić information content (AvgIpc) is 2.82. The standard InChI is InChI=1S/C15H20N2O2/c1-4-13(9(2)3)17-10-7-12(15(18)19)11-5-6-16-14(11)8-10/h5-9,13,16-17H,4H2,1-3H3,(H,18,19). The number of anilines is 1. The Morgan fingerprint density at radius 1 is 1.42 bits per heavy atom. The van der Waals surface area contributed by atoms with E-state index in [1.165, 1.54) is 0 Å². The topological polar surface area (TPSA) is 65.1 Å². The summed E-state index contributed by atoms with van der Waals surface area (Å²) in [6.07, 6.45) is 2.77. The Morgan fingerprint density at radius 3 is 2.74 bits per heavy atom. The van der Waals surface area contributed by atoms with Crippen molar-refractivity contribution in [3.8, 4) is 0 Å². The number of carboxylic acids is 1. The zero-order valence-corrected chi connectivity index (χ0v) is 11.5. The summed E-state index contributed by atoms with van der Waals surface area (Å²) in [7, 11) is 0. The van der Waals surface area contributed by atoms with Gasteiger partial charge < -0.3 is 15.4 Å². The number of carboxylic acid groups (broad SMARTS) is 1. The van der Waals surface area contributed by atoms with Crippen molar-refractivity contribution in [1.82, 2.24) is 4.98 Å². The fourth-order valence-electron chi connectivity index (χ4n) is 2.38. The van der Waals surface area contributed by atoms with Crippen molar-refractivity contribution in [2.24, 2.45) is 5.92 Å². The van der Waals surface area contributed by atoms with Gasteiger partial charge in [0.05, 0.1) is 5.56 Å². The molecule has 0 aliphatic carbocycles. The van der Waals surface area contributed by atoms with E-state index in [2.05, 4.69) is 31.1 Å². The lowest BCUT2D eigenvalue weighted by atomic mass is 10.0. The average molecular weight is 260 g/mol. The van der Waals surface area contributed by atoms with Gasteiger partial charge in [-0.2, -0.15) is 0 Å². The molecule has 0 amide bonds. The van der Waals surface area contributed by atoms with Crippen LogP contribution in [-0.2, 0) is 0 Å². The Balaban J connectivity index is 2.41. The second-order valence-corrected chi connectivity index (χ2v) is 5.17. The molecule has 102 valence electrons. The Kier molecular flexibility index (Phi) is 3.79. The van der Waals surface area contributed by atoms with Crippen molar-refractivity contribution in [3.63, 3.8) is 0 Å². The van der Waals surface area contributed by atoms with Gasteiger partial charge in [0.2, 0.25) is 0 Å². The molecular weight excluding hydrogens is 240 g/mol. The molecule has 2 aromatic rings. The Hall–Kier alpha value is -1.97. The van der Waals surface area contributed by atoms with Gasteiger partial charge in [-0.3, -0.25) is 0 Å². The maximum absolute atomic E-state index is 11.3. The van der Waals surface area contributed by atoms with E-state index in [1.54, 1.807) is 18.3 Å². The third kappa shape index (κ3) is 2.72. The molecule has 1 atom stereocenters. The van der Waals surface area contributed by atoms with Gasteiger partial charge in [0, 0.05) is 28.8 Å². The highest BCUT2D eigenvalue weighted by Gasteiger charge is 2.14. The van der Waals surface area contributed by atoms with Crippen LogP contribution in [0.15, 0.2) is 24.4 Å². The number of benzene rings is 1. The summed E-state index contributed by atoms with van der Waals surface area (Å²) in [6.45, 7) is 6.45. The van der Waals surface area contributed by atoms with Crippen molar-refractivity contribution in [3.05, 3.63) is 30.0 Å². The highest BCUT2D eigenvalue weighted by molar-refractivity contribution is 6.04. The molecule has 0 spiro atoms. The van der Waals surface area contributed by atoms with Crippen molar-refractivity contribution in [2.45, 2.75) is 33.2 Å². The third-order valence-corrected chi connectivity index (χ3v) is 3.50. The van der Waals surface area contributed by atoms with Crippen molar-refractivity contribution in [2.75, 3.05) is 5.32 Å². The lowest BCUT2D eigenvalue weighted by Crippen LogP contribution is -2.24. The molecule has 2 rings (SSSR count). The van der Waals surface area contributed by atoms with Crippen LogP contribution in [0.25, 0.3) is 10.9 Å². The van der Waals surface area contributed by atoms with Crippen LogP contribution in [0.4, 0.5) is 5.69 Å². The molecule has 1 aromatic carbocycles. The van der Waals surface area contributed by atoms with Crippen LogP contribution in [0.2, 0.25) is 0 Å². The fraction of sp³-hybridized carbons (Fsp3) is 0.400. The lowest BCUT2D eigenvalue weighted by molar-refractivity contribution is 0.0699. The van der Waals surface area contributed by atoms with Crippen LogP contribution in [0, 0.1) is 5.92 Å². The molecule has 19 heavy (non-hydrogen) atoms. The van der Waals surface area contributed by atoms with E-state index >= 15 is 0 Å². The SMILES string of the molecule is CCC(Nc1cc(C(=O)O)c2cc[nH]c2c1)C(C)C. The number of hydrogen-bond acceptors (Lipinski definition) is 2. The number of fused-ring (bicyclic) bond motifs is 1. The summed E-state index contributed by atoms with van der Waals surface area (Å²) in [5, 5.41) is 13.5. The number of H-pyrrole nitrogens is 1. The number of nitrogens with one attached hydrogen (secondary N) is 2. The highest BCUT2D eigenvalue weighted by atomic mass is 16.4. The molecule has 3 N–H and O–H groups in total. The largest absolute Gasteiger partial charge is 0.478 e. The van der Waals surface area contributed by atoms with E-state index in [1.807, 2.05) is 6.07 Å². The Bertz CT molecular complexity index is 587. The summed E-state index contributed by atoms with van der Waals surface area (Å²) in [6, 6.07) is 5.81. The molecule has 0 bridgehead atoms. The Morgan fingerprint density at radius 2 is 2.16 bits per heavy atom. The third-order valence-electron chi connectivity index (χ3n) is 3.50. The van der Waals surface area contributed by atoms with Crippen molar-refractivity contribution >= 4 is 22.6 Å². The number of aromatic carboxylic acids is 1. The minimum Gasteiger partial charge on any atom is -0.478 e. The van der Waals surface area contributed by atoms with Crippen LogP contribution in [-0.4, -0.2) is 22.1 Å². The van der Waals surface area contributed by atoms with Crippen molar-refractivity contribution < 1.29 is 9.90 Å². The van der Waals surface area contributed by atoms with Crippen LogP contribution in [0.1, 0.15) is 37.6 Å². The highest BCUT2D eigenvalue weighted by Crippen LogP contribution is 2.25. The smallest absolute Gasteiger partial charge is 0.336 e. The van der Waals surface area contributed by atoms with E-state index in [-0.39, 0.29) is 0 Å². The number of rotatable bonds is 5. The molecule has 0 saturated heterocycles. The molecule has 1 aromatic heterocycles. The zero-order valence-electron chi connectivity index (χ0n) is 11.5. The van der Waals surface area contributed by atoms with E-state index in [0.717, 1.165) is 23.0 Å². The molecule has 0 aliphatic heterocycles. The van der Waals surface area contributed by atoms with E-state index in [9.17, 15) is 9.90 Å². The molecular formula is C15H20N2O2. The summed E-state index contributed by atoms with van der Waals surface area (Å²) < 4.78 is 0. The summed E-state index contributed by atoms with van der Waals surface area (Å²) in [5.41, 5.74) is 2.04. The van der Waals surface area contributed by atoms with E-state index < -0.39 is 5.97 Å². The maximum Gasteiger partial charge on any atom is 0.336 e. The van der Waals surface area contributed by atoms with Gasteiger partial charge in [0.1, 0.15) is 0 Å². The molecule has 1 heterocycles. The van der Waals surface area contributed by atoms with Gasteiger partial charge in [-0.1, -0.05) is 20.8 Å². The second-order valence-electron chi connectivity index (χ2n) is 5.17. The predicted octanol–water partition coefficient (Wildman–Crippen LogP) is 3.71. The molecule has 4 nitrogen and oxygen atoms in total. The lowest BCUT2D eigenvalue weighted by Gasteiger charge is -2.22. The molecule has 0 aliphatic rings. The normalized spacial score (nSPS) is 12.8. The number of hydrogen-bond donors (Lipinski definition) is 3. The number of carbonyl (C=O) groups is 1. The first-order valence-corrected chi connectivity index (χ1v) is 6.64. The Labute approximate surface area is 112 Å². The van der Waals surface area contributed by atoms with Gasteiger partial charge in [0.25, 0.3) is 0 Å². The first-order chi connectivity index (χ1) is 9.02. The minimum absolute atomic E-state index is 0.333. The van der Waals surface area contributed by atoms with Crippen LogP contribution < -0.4 is 5.32 Å². The van der Waals surface area contributed by atoms with Crippen LogP contribution in [0.5, 0.6) is 0 Å². The van der Waals surface area contributed by atoms with Gasteiger partial charge in [-0.15, -0.1) is 0 Å². The number of aromatic amines is 1. The minimum atomic E-state index is -0.897. The van der Waals surface area contributed by atoms with Gasteiger partial charge in [-0.25, -0.2) is 4.79 Å². The van der Waals surface area contributed by atoms with Crippen LogP contribution >= 0.6 is 0 Å². The first-order valence-electron chi connectivity index (χ1n) is 6.64. The van der Waals surface area contributed by atoms with Gasteiger partial charge in [0.15, 0.2) is 0 Å². The molecule has 0 radical (unpaired) electrons. The number of aromatic nitrogens is 1. The summed E-state index contributed by atoms with van der Waals surface area (Å²) in [4.78, 5) is 14.4. The molecule has 0 fully saturated rings. The van der Waals surface area contributed by atoms with Gasteiger partial charge >= 0.3 is 5.97 Å². The summed E-state index contributed by atoms with van der Waals surface area (Å²) in [5.74, 6) is -0.400. The van der Waals surface area contributed by atoms with E-state index in [4.69, 9.17) is 0 Å². The monoisotopic (exact) mass is 260 g/mol. The maximum atomic E-state index is 11.3. The zero-order chi connectivity index (χ0) is 14.0. The summed E-state index contributed by atoms with van der Waals surface area (Å²) >= 11 is 0. The molecule has 0 saturated carbocycles. The van der Waals surface area contributed by atoms with Crippen LogP contribution in [0.3, 0.4) is 0 Å². The predicted molar refractivity (Wildman–Crippen MR) is 77.8 cm³/mol. The quantitative estimate of drug-likeness (QED) is 0.767. The molecule has 4 heteroatoms. The van der Waals surface area contributed by atoms with E-state index in [0.29, 0.717) is 17.5 Å². The van der Waals surface area contributed by atoms with Crippen molar-refractivity contribution in [1.29, 1.82) is 0 Å². The second kappa shape index (κ2) is 5.34. The van der Waals surface area contributed by atoms with Gasteiger partial charge in [-0.05, 0) is 30.5 Å².